The first-order valence-corrected chi connectivity index (χ1v) is 9.71. The van der Waals surface area contributed by atoms with Crippen LogP contribution in [0.2, 0.25) is 0 Å². The minimum Gasteiger partial charge on any atom is -0.482 e. The highest BCUT2D eigenvalue weighted by Crippen LogP contribution is 2.15. The highest BCUT2D eigenvalue weighted by Gasteiger charge is 2.15. The number of esters is 1. The van der Waals surface area contributed by atoms with Gasteiger partial charge in [0.2, 0.25) is 11.2 Å². The molecular weight excluding hydrogens is 352 g/mol. The van der Waals surface area contributed by atoms with Crippen LogP contribution >= 0.6 is 11.8 Å². The van der Waals surface area contributed by atoms with Crippen molar-refractivity contribution in [2.45, 2.75) is 45.2 Å². The van der Waals surface area contributed by atoms with Crippen LogP contribution in [0.15, 0.2) is 51.9 Å². The fourth-order valence-electron chi connectivity index (χ4n) is 2.09. The number of thioether (sulfide) groups is 1. The molecule has 0 aliphatic rings. The predicted molar refractivity (Wildman–Crippen MR) is 102 cm³/mol. The molecule has 0 N–H and O–H groups in total. The van der Waals surface area contributed by atoms with E-state index in [1.165, 1.54) is 12.3 Å². The predicted octanol–water partition coefficient (Wildman–Crippen LogP) is 4.18. The largest absolute Gasteiger partial charge is 0.482 e. The van der Waals surface area contributed by atoms with E-state index in [1.54, 1.807) is 11.8 Å². The van der Waals surface area contributed by atoms with Gasteiger partial charge in [-0.1, -0.05) is 43.7 Å². The first-order valence-electron chi connectivity index (χ1n) is 8.66. The van der Waals surface area contributed by atoms with Gasteiger partial charge in [-0.3, -0.25) is 9.59 Å². The van der Waals surface area contributed by atoms with Gasteiger partial charge in [-0.15, -0.1) is 11.8 Å². The van der Waals surface area contributed by atoms with E-state index in [4.69, 9.17) is 13.9 Å². The van der Waals surface area contributed by atoms with Crippen molar-refractivity contribution >= 4 is 17.7 Å². The van der Waals surface area contributed by atoms with E-state index in [-0.39, 0.29) is 35.6 Å². The fraction of sp³-hybridized carbons (Fsp3) is 0.400. The Morgan fingerprint density at radius 3 is 2.69 bits per heavy atom. The van der Waals surface area contributed by atoms with Crippen molar-refractivity contribution < 1.29 is 18.7 Å². The van der Waals surface area contributed by atoms with Crippen LogP contribution in [-0.2, 0) is 22.7 Å². The Bertz CT molecular complexity index is 741. The van der Waals surface area contributed by atoms with E-state index in [2.05, 4.69) is 6.92 Å². The highest BCUT2D eigenvalue weighted by molar-refractivity contribution is 8.00. The lowest BCUT2D eigenvalue weighted by molar-refractivity contribution is -0.144. The van der Waals surface area contributed by atoms with E-state index in [1.807, 2.05) is 37.3 Å². The summed E-state index contributed by atoms with van der Waals surface area (Å²) in [4.78, 5) is 24.0. The van der Waals surface area contributed by atoms with Gasteiger partial charge in [0.1, 0.15) is 25.2 Å². The molecule has 0 bridgehead atoms. The summed E-state index contributed by atoms with van der Waals surface area (Å²) < 4.78 is 16.0. The molecule has 26 heavy (non-hydrogen) atoms. The normalized spacial score (nSPS) is 11.8. The van der Waals surface area contributed by atoms with Crippen LogP contribution in [0.5, 0.6) is 5.75 Å². The molecule has 0 spiro atoms. The molecule has 2 aromatic rings. The minimum atomic E-state index is -0.307. The van der Waals surface area contributed by atoms with Crippen LogP contribution in [0.25, 0.3) is 0 Å². The molecule has 0 aliphatic heterocycles. The van der Waals surface area contributed by atoms with Crippen LogP contribution in [0.1, 0.15) is 38.0 Å². The third kappa shape index (κ3) is 6.59. The zero-order valence-electron chi connectivity index (χ0n) is 15.1. The Labute approximate surface area is 157 Å². The van der Waals surface area contributed by atoms with Gasteiger partial charge in [0.05, 0.1) is 5.25 Å². The summed E-state index contributed by atoms with van der Waals surface area (Å²) in [6.07, 6.45) is 3.42. The lowest BCUT2D eigenvalue weighted by atomic mass is 10.2. The second-order valence-electron chi connectivity index (χ2n) is 5.82. The molecule has 1 aromatic heterocycles. The van der Waals surface area contributed by atoms with Gasteiger partial charge in [0.15, 0.2) is 0 Å². The lowest BCUT2D eigenvalue weighted by Crippen LogP contribution is -2.18. The maximum atomic E-state index is 12.1. The number of benzene rings is 1. The molecule has 140 valence electrons. The number of hydrogen-bond acceptors (Lipinski definition) is 6. The third-order valence-electron chi connectivity index (χ3n) is 3.64. The third-order valence-corrected chi connectivity index (χ3v) is 4.86. The molecule has 1 atom stereocenters. The standard InChI is InChI=1S/C20H24O5S/c1-3-4-10-26-15(2)20(22)25-13-17-11-18(21)19(14-23-17)24-12-16-8-6-5-7-9-16/h5-9,11,14-15H,3-4,10,12-13H2,1-2H3/t15-/m0/s1. The SMILES string of the molecule is CCCCS[C@@H](C)C(=O)OCc1cc(=O)c(OCc2ccccc2)co1. The van der Waals surface area contributed by atoms with Crippen molar-refractivity contribution in [2.75, 3.05) is 5.75 Å². The summed E-state index contributed by atoms with van der Waals surface area (Å²) in [5.41, 5.74) is 0.656. The average Bonchev–Trinajstić information content (AvgIpc) is 2.66. The summed E-state index contributed by atoms with van der Waals surface area (Å²) in [6.45, 7) is 4.15. The number of carbonyl (C=O) groups is 1. The molecule has 0 fully saturated rings. The van der Waals surface area contributed by atoms with Crippen LogP contribution in [0.4, 0.5) is 0 Å². The van der Waals surface area contributed by atoms with Crippen LogP contribution in [0, 0.1) is 0 Å². The highest BCUT2D eigenvalue weighted by atomic mass is 32.2. The Kier molecular flexibility index (Phi) is 8.28. The Morgan fingerprint density at radius 1 is 1.23 bits per heavy atom. The van der Waals surface area contributed by atoms with Crippen molar-refractivity contribution in [3.8, 4) is 5.75 Å². The molecular formula is C20H24O5S. The van der Waals surface area contributed by atoms with E-state index in [0.717, 1.165) is 24.2 Å². The molecule has 1 heterocycles. The number of hydrogen-bond donors (Lipinski definition) is 0. The van der Waals surface area contributed by atoms with E-state index < -0.39 is 0 Å². The fourth-order valence-corrected chi connectivity index (χ4v) is 3.10. The van der Waals surface area contributed by atoms with Gasteiger partial charge in [-0.2, -0.15) is 0 Å². The Morgan fingerprint density at radius 2 is 2.00 bits per heavy atom. The molecule has 1 aromatic carbocycles. The summed E-state index contributed by atoms with van der Waals surface area (Å²) in [5, 5.41) is -0.234. The zero-order chi connectivity index (χ0) is 18.8. The van der Waals surface area contributed by atoms with Gasteiger partial charge in [-0.05, 0) is 24.7 Å². The smallest absolute Gasteiger partial charge is 0.319 e. The van der Waals surface area contributed by atoms with Gasteiger partial charge in [0.25, 0.3) is 0 Å². The molecule has 0 saturated carbocycles. The molecule has 0 saturated heterocycles. The van der Waals surface area contributed by atoms with Crippen LogP contribution in [-0.4, -0.2) is 17.0 Å². The van der Waals surface area contributed by atoms with Gasteiger partial charge in [0, 0.05) is 6.07 Å². The summed E-state index contributed by atoms with van der Waals surface area (Å²) in [7, 11) is 0. The molecule has 0 unspecified atom stereocenters. The van der Waals surface area contributed by atoms with Gasteiger partial charge >= 0.3 is 5.97 Å². The quantitative estimate of drug-likeness (QED) is 0.458. The topological polar surface area (TPSA) is 65.7 Å². The van der Waals surface area contributed by atoms with Crippen molar-refractivity contribution in [2.24, 2.45) is 0 Å². The Balaban J connectivity index is 1.83. The van der Waals surface area contributed by atoms with Crippen LogP contribution < -0.4 is 10.2 Å². The van der Waals surface area contributed by atoms with E-state index in [0.29, 0.717) is 5.76 Å². The molecule has 5 nitrogen and oxygen atoms in total. The van der Waals surface area contributed by atoms with Gasteiger partial charge in [-0.25, -0.2) is 0 Å². The van der Waals surface area contributed by atoms with E-state index in [9.17, 15) is 9.59 Å². The maximum Gasteiger partial charge on any atom is 0.319 e. The summed E-state index contributed by atoms with van der Waals surface area (Å²) in [5.74, 6) is 1.04. The van der Waals surface area contributed by atoms with Crippen molar-refractivity contribution in [3.05, 3.63) is 64.2 Å². The monoisotopic (exact) mass is 376 g/mol. The number of ether oxygens (including phenoxy) is 2. The van der Waals surface area contributed by atoms with Crippen molar-refractivity contribution in [1.82, 2.24) is 0 Å². The second kappa shape index (κ2) is 10.7. The zero-order valence-corrected chi connectivity index (χ0v) is 15.9. The average molecular weight is 376 g/mol. The first kappa shape index (κ1) is 20.1. The van der Waals surface area contributed by atoms with E-state index >= 15 is 0 Å². The molecule has 0 aliphatic carbocycles. The molecule has 2 rings (SSSR count). The number of carbonyl (C=O) groups excluding carboxylic acids is 1. The second-order valence-corrected chi connectivity index (χ2v) is 7.27. The van der Waals surface area contributed by atoms with Crippen molar-refractivity contribution in [3.63, 3.8) is 0 Å². The minimum absolute atomic E-state index is 0.0638. The van der Waals surface area contributed by atoms with Crippen molar-refractivity contribution in [1.29, 1.82) is 0 Å². The Hall–Kier alpha value is -2.21. The molecule has 6 heteroatoms. The first-order chi connectivity index (χ1) is 12.6. The molecule has 0 radical (unpaired) electrons. The maximum absolute atomic E-state index is 12.1. The summed E-state index contributed by atoms with van der Waals surface area (Å²) >= 11 is 1.57. The van der Waals surface area contributed by atoms with Gasteiger partial charge < -0.3 is 13.9 Å². The molecule has 0 amide bonds. The number of rotatable bonds is 10. The number of unbranched alkanes of at least 4 members (excludes halogenated alkanes) is 1. The lowest BCUT2D eigenvalue weighted by Gasteiger charge is -2.11. The summed E-state index contributed by atoms with van der Waals surface area (Å²) in [6, 6.07) is 10.8. The van der Waals surface area contributed by atoms with Crippen LogP contribution in [0.3, 0.4) is 0 Å².